The molecule has 1 N–H and O–H groups in total. The summed E-state index contributed by atoms with van der Waals surface area (Å²) in [4.78, 5) is 17.5. The second-order valence-corrected chi connectivity index (χ2v) is 4.16. The van der Waals surface area contributed by atoms with Gasteiger partial charge in [0, 0.05) is 11.9 Å². The topological polar surface area (TPSA) is 63.1 Å². The summed E-state index contributed by atoms with van der Waals surface area (Å²) < 4.78 is 26.1. The van der Waals surface area contributed by atoms with Crippen LogP contribution in [0.5, 0.6) is 0 Å². The van der Waals surface area contributed by atoms with Crippen LogP contribution in [-0.2, 0) is 20.1 Å². The Labute approximate surface area is 150 Å². The Morgan fingerprint density at radius 3 is 2.29 bits per heavy atom. The first-order chi connectivity index (χ1) is 11.1. The standard InChI is InChI=1S/C11H6F2N.C6H4NO2.Ir/c12-9-5-3-4-8(11(9)13)10-6-1-2-7-14-10;8-6(9)5-3-1-2-4-7-5;/h1-3,5-7H;1-2,4H,(H,8,9);/q2*-1;+3. The van der Waals surface area contributed by atoms with Crippen molar-refractivity contribution in [2.24, 2.45) is 0 Å². The summed E-state index contributed by atoms with van der Waals surface area (Å²) in [5, 5.41) is 8.29. The summed E-state index contributed by atoms with van der Waals surface area (Å²) in [7, 11) is 0. The Hall–Kier alpha value is -2.50. The molecule has 0 spiro atoms. The number of carboxylic acids is 1. The van der Waals surface area contributed by atoms with Crippen LogP contribution < -0.4 is 0 Å². The van der Waals surface area contributed by atoms with Crippen molar-refractivity contribution in [3.8, 4) is 11.3 Å². The van der Waals surface area contributed by atoms with Crippen LogP contribution in [0, 0.1) is 23.8 Å². The van der Waals surface area contributed by atoms with Gasteiger partial charge in [-0.25, -0.2) is 4.39 Å². The molecule has 0 saturated carbocycles. The summed E-state index contributed by atoms with van der Waals surface area (Å²) in [5.74, 6) is -2.84. The van der Waals surface area contributed by atoms with Gasteiger partial charge in [0.05, 0.1) is 11.6 Å². The van der Waals surface area contributed by atoms with Crippen molar-refractivity contribution in [2.75, 3.05) is 0 Å². The van der Waals surface area contributed by atoms with Gasteiger partial charge >= 0.3 is 20.1 Å². The van der Waals surface area contributed by atoms with E-state index in [-0.39, 0.29) is 31.4 Å². The summed E-state index contributed by atoms with van der Waals surface area (Å²) >= 11 is 0. The van der Waals surface area contributed by atoms with Crippen molar-refractivity contribution in [1.29, 1.82) is 0 Å². The van der Waals surface area contributed by atoms with Crippen molar-refractivity contribution >= 4 is 5.97 Å². The fourth-order valence-corrected chi connectivity index (χ4v) is 1.59. The molecule has 0 atom stereocenters. The number of carbonyl (C=O) groups is 1. The minimum Gasteiger partial charge on any atom is -0.533 e. The van der Waals surface area contributed by atoms with Gasteiger partial charge in [0.2, 0.25) is 5.97 Å². The van der Waals surface area contributed by atoms with E-state index in [1.54, 1.807) is 24.3 Å². The van der Waals surface area contributed by atoms with Gasteiger partial charge in [-0.05, 0) is 18.0 Å². The molecule has 0 fully saturated rings. The smallest absolute Gasteiger partial charge is 0.533 e. The maximum Gasteiger partial charge on any atom is 3.00 e. The molecule has 7 heteroatoms. The predicted molar refractivity (Wildman–Crippen MR) is 78.5 cm³/mol. The molecule has 0 aliphatic carbocycles. The Morgan fingerprint density at radius 1 is 1.00 bits per heavy atom. The fraction of sp³-hybridized carbons (Fsp3) is 0. The largest absolute Gasteiger partial charge is 3.00 e. The van der Waals surface area contributed by atoms with Gasteiger partial charge in [-0.15, -0.1) is 30.3 Å². The van der Waals surface area contributed by atoms with E-state index < -0.39 is 17.6 Å². The average Bonchev–Trinajstić information content (AvgIpc) is 2.59. The van der Waals surface area contributed by atoms with E-state index in [1.807, 2.05) is 0 Å². The fourth-order valence-electron chi connectivity index (χ4n) is 1.59. The number of nitrogens with zero attached hydrogens (tertiary/aromatic N) is 2. The molecular formula is C17H10F2IrN2O2+. The first-order valence-electron chi connectivity index (χ1n) is 6.42. The minimum absolute atomic E-state index is 0. The molecule has 0 unspecified atom stereocenters. The first kappa shape index (κ1) is 19.5. The molecule has 2 aromatic heterocycles. The molecule has 0 saturated heterocycles. The maximum atomic E-state index is 13.2. The van der Waals surface area contributed by atoms with E-state index in [9.17, 15) is 13.6 Å². The Bertz CT molecular complexity index is 787. The molecule has 122 valence electrons. The van der Waals surface area contributed by atoms with Crippen molar-refractivity contribution in [1.82, 2.24) is 9.97 Å². The molecule has 4 nitrogen and oxygen atoms in total. The van der Waals surface area contributed by atoms with E-state index in [4.69, 9.17) is 5.11 Å². The molecular weight excluding hydrogens is 494 g/mol. The third-order valence-electron chi connectivity index (χ3n) is 2.62. The molecule has 0 aliphatic rings. The van der Waals surface area contributed by atoms with Gasteiger partial charge in [-0.2, -0.15) is 6.07 Å². The Kier molecular flexibility index (Phi) is 7.82. The SMILES string of the molecule is Fc1cc[c-]c(-c2ccccn2)c1F.O=C(O)c1[c-]cccn1.[Ir+3]. The van der Waals surface area contributed by atoms with Crippen LogP contribution in [0.4, 0.5) is 8.78 Å². The molecule has 24 heavy (non-hydrogen) atoms. The quantitative estimate of drug-likeness (QED) is 0.544. The Morgan fingerprint density at radius 2 is 1.75 bits per heavy atom. The molecule has 2 heterocycles. The number of hydrogen-bond acceptors (Lipinski definition) is 3. The maximum absolute atomic E-state index is 13.2. The van der Waals surface area contributed by atoms with Crippen LogP contribution in [0.2, 0.25) is 0 Å². The van der Waals surface area contributed by atoms with Crippen LogP contribution in [-0.4, -0.2) is 21.0 Å². The number of hydrogen-bond donors (Lipinski definition) is 1. The third-order valence-corrected chi connectivity index (χ3v) is 2.62. The predicted octanol–water partition coefficient (Wildman–Crippen LogP) is 3.40. The van der Waals surface area contributed by atoms with Crippen molar-refractivity contribution in [2.45, 2.75) is 0 Å². The van der Waals surface area contributed by atoms with E-state index in [0.717, 1.165) is 6.07 Å². The summed E-state index contributed by atoms with van der Waals surface area (Å²) in [5.41, 5.74) is 0.396. The number of halogens is 2. The molecule has 0 radical (unpaired) electrons. The second-order valence-electron chi connectivity index (χ2n) is 4.16. The van der Waals surface area contributed by atoms with Crippen molar-refractivity contribution in [3.63, 3.8) is 0 Å². The van der Waals surface area contributed by atoms with Crippen molar-refractivity contribution < 1.29 is 38.8 Å². The number of pyridine rings is 2. The van der Waals surface area contributed by atoms with E-state index in [0.29, 0.717) is 5.69 Å². The van der Waals surface area contributed by atoms with E-state index in [2.05, 4.69) is 22.1 Å². The first-order valence-corrected chi connectivity index (χ1v) is 6.42. The number of rotatable bonds is 2. The zero-order valence-electron chi connectivity index (χ0n) is 12.0. The zero-order valence-corrected chi connectivity index (χ0v) is 14.4. The molecule has 3 rings (SSSR count). The van der Waals surface area contributed by atoms with Crippen LogP contribution in [0.15, 0.2) is 54.9 Å². The van der Waals surface area contributed by atoms with Gasteiger partial charge in [0.25, 0.3) is 0 Å². The Balaban J connectivity index is 0.000000252. The van der Waals surface area contributed by atoms with Gasteiger partial charge in [-0.1, -0.05) is 17.7 Å². The number of aromatic nitrogens is 2. The van der Waals surface area contributed by atoms with Crippen molar-refractivity contribution in [3.05, 3.63) is 84.3 Å². The molecule has 1 aromatic carbocycles. The average molecular weight is 504 g/mol. The molecule has 0 bridgehead atoms. The number of aromatic carboxylic acids is 1. The van der Waals surface area contributed by atoms with Crippen LogP contribution in [0.25, 0.3) is 11.3 Å². The summed E-state index contributed by atoms with van der Waals surface area (Å²) in [6.07, 6.45) is 2.94. The third kappa shape index (κ3) is 5.30. The number of carboxylic acid groups (broad SMARTS) is 1. The molecule has 0 aliphatic heterocycles. The van der Waals surface area contributed by atoms with Crippen LogP contribution in [0.3, 0.4) is 0 Å². The monoisotopic (exact) mass is 505 g/mol. The van der Waals surface area contributed by atoms with Gasteiger partial charge in [0.1, 0.15) is 0 Å². The summed E-state index contributed by atoms with van der Waals surface area (Å²) in [6.45, 7) is 0. The van der Waals surface area contributed by atoms with Crippen LogP contribution in [0.1, 0.15) is 10.5 Å². The molecule has 3 aromatic rings. The van der Waals surface area contributed by atoms with Gasteiger partial charge in [-0.3, -0.25) is 9.37 Å². The number of benzene rings is 1. The summed E-state index contributed by atoms with van der Waals surface area (Å²) in [6, 6.07) is 15.6. The zero-order chi connectivity index (χ0) is 16.7. The van der Waals surface area contributed by atoms with Gasteiger partial charge < -0.3 is 14.9 Å². The minimum atomic E-state index is -1.05. The second kappa shape index (κ2) is 9.60. The van der Waals surface area contributed by atoms with Gasteiger partial charge in [0.15, 0.2) is 0 Å². The van der Waals surface area contributed by atoms with Crippen LogP contribution >= 0.6 is 0 Å². The molecule has 0 amide bonds. The van der Waals surface area contributed by atoms with E-state index in [1.165, 1.54) is 24.5 Å². The van der Waals surface area contributed by atoms with E-state index >= 15 is 0 Å². The normalized spacial score (nSPS) is 9.25.